The van der Waals surface area contributed by atoms with Crippen LogP contribution in [0.5, 0.6) is 0 Å². The van der Waals surface area contributed by atoms with E-state index in [2.05, 4.69) is 32.3 Å². The Morgan fingerprint density at radius 2 is 1.60 bits per heavy atom. The van der Waals surface area contributed by atoms with E-state index in [4.69, 9.17) is 27.9 Å². The van der Waals surface area contributed by atoms with Crippen molar-refractivity contribution in [2.45, 2.75) is 89.1 Å². The second-order valence-corrected chi connectivity index (χ2v) is 18.9. The summed E-state index contributed by atoms with van der Waals surface area (Å²) < 4.78 is 174. The lowest BCUT2D eigenvalue weighted by atomic mass is 9.93. The number of aromatic nitrogens is 5. The van der Waals surface area contributed by atoms with Crippen molar-refractivity contribution >= 4 is 73.7 Å². The van der Waals surface area contributed by atoms with E-state index in [1.807, 2.05) is 13.8 Å². The van der Waals surface area contributed by atoms with Crippen molar-refractivity contribution in [2.75, 3.05) is 22.9 Å². The molecule has 1 aliphatic carbocycles. The van der Waals surface area contributed by atoms with E-state index >= 15 is 8.78 Å². The second-order valence-electron chi connectivity index (χ2n) is 15.1. The third-order valence-electron chi connectivity index (χ3n) is 10.0. The van der Waals surface area contributed by atoms with Crippen LogP contribution >= 0.6 is 23.2 Å². The van der Waals surface area contributed by atoms with Crippen molar-refractivity contribution in [2.24, 2.45) is 0 Å². The Labute approximate surface area is 396 Å². The average Bonchev–Trinajstić information content (AvgIpc) is 3.88. The Kier molecular flexibility index (Phi) is 16.4. The van der Waals surface area contributed by atoms with Crippen LogP contribution in [0.2, 0.25) is 5.02 Å². The van der Waals surface area contributed by atoms with Gasteiger partial charge in [0.25, 0.3) is 5.92 Å². The topological polar surface area (TPSA) is 141 Å². The summed E-state index contributed by atoms with van der Waals surface area (Å²) in [5, 5.41) is 9.02. The third-order valence-corrected chi connectivity index (χ3v) is 12.8. The molecule has 5 aromatic rings. The number of halogens is 12. The van der Waals surface area contributed by atoms with Crippen LogP contribution in [-0.4, -0.2) is 74.5 Å². The monoisotopic (exact) mass is 1050 g/mol. The van der Waals surface area contributed by atoms with Crippen LogP contribution in [0.1, 0.15) is 74.1 Å². The summed E-state index contributed by atoms with van der Waals surface area (Å²) in [5.74, 6) is -2.48. The van der Waals surface area contributed by atoms with Crippen LogP contribution in [0.3, 0.4) is 0 Å². The van der Waals surface area contributed by atoms with E-state index in [1.165, 1.54) is 38.3 Å². The number of ether oxygens (including phenoxy) is 1. The normalized spacial score (nSPS) is 14.8. The highest BCUT2D eigenvalue weighted by Gasteiger charge is 2.50. The van der Waals surface area contributed by atoms with Crippen molar-refractivity contribution in [3.8, 4) is 23.0 Å². The molecule has 368 valence electrons. The maximum atomic E-state index is 15.1. The third kappa shape index (κ3) is 11.9. The van der Waals surface area contributed by atoms with E-state index in [9.17, 15) is 53.1 Å². The van der Waals surface area contributed by atoms with Crippen LogP contribution in [0.25, 0.3) is 22.0 Å². The number of nitrogens with one attached hydrogen (secondary N) is 1. The summed E-state index contributed by atoms with van der Waals surface area (Å²) in [6.07, 6.45) is -11.6. The number of alkyl halides is 9. The number of rotatable bonds is 12. The molecule has 0 aliphatic heterocycles. The lowest BCUT2D eigenvalue weighted by molar-refractivity contribution is -0.142. The van der Waals surface area contributed by atoms with Crippen molar-refractivity contribution < 1.29 is 66.6 Å². The molecule has 3 heterocycles. The van der Waals surface area contributed by atoms with Crippen LogP contribution in [-0.2, 0) is 69.3 Å². The van der Waals surface area contributed by atoms with Gasteiger partial charge in [0.1, 0.15) is 51.8 Å². The number of pyridine rings is 1. The van der Waals surface area contributed by atoms with Gasteiger partial charge >= 0.3 is 18.4 Å². The molecule has 0 spiro atoms. The van der Waals surface area contributed by atoms with Gasteiger partial charge in [-0.2, -0.15) is 49.6 Å². The molecule has 2 aromatic carbocycles. The zero-order valence-corrected chi connectivity index (χ0v) is 39.6. The zero-order chi connectivity index (χ0) is 50.8. The largest absolute Gasteiger partial charge is 0.435 e. The van der Waals surface area contributed by atoms with Gasteiger partial charge in [0, 0.05) is 52.5 Å². The van der Waals surface area contributed by atoms with E-state index < -0.39 is 147 Å². The van der Waals surface area contributed by atoms with Gasteiger partial charge in [0.15, 0.2) is 17.6 Å². The van der Waals surface area contributed by atoms with Gasteiger partial charge < -0.3 is 10.1 Å². The number of hydrogen-bond donors (Lipinski definition) is 1. The average molecular weight is 1050 g/mol. The molecule has 0 fully saturated rings. The highest BCUT2D eigenvalue weighted by atomic mass is 35.5. The van der Waals surface area contributed by atoms with Gasteiger partial charge in [0.05, 0.1) is 27.7 Å². The Balaban J connectivity index is 0.00000426. The number of anilines is 1. The van der Waals surface area contributed by atoms with Crippen LogP contribution in [0.15, 0.2) is 42.5 Å². The molecule has 0 bridgehead atoms. The number of fused-ring (bicyclic) bond motifs is 2. The van der Waals surface area contributed by atoms with E-state index in [0.29, 0.717) is 15.1 Å². The Hall–Kier alpha value is -5.25. The fourth-order valence-corrected chi connectivity index (χ4v) is 8.25. The van der Waals surface area contributed by atoms with Crippen molar-refractivity contribution in [3.63, 3.8) is 0 Å². The summed E-state index contributed by atoms with van der Waals surface area (Å²) in [7, 11) is -3.94. The van der Waals surface area contributed by atoms with Crippen molar-refractivity contribution in [1.82, 2.24) is 29.9 Å². The molecule has 0 radical (unpaired) electrons. The van der Waals surface area contributed by atoms with Gasteiger partial charge in [-0.15, -0.1) is 0 Å². The quantitative estimate of drug-likeness (QED) is 0.0740. The maximum Gasteiger partial charge on any atom is 0.435 e. The number of carbonyl (C=O) groups is 2. The Bertz CT molecular complexity index is 2840. The van der Waals surface area contributed by atoms with E-state index in [0.717, 1.165) is 24.5 Å². The van der Waals surface area contributed by atoms with Crippen LogP contribution in [0.4, 0.5) is 54.5 Å². The van der Waals surface area contributed by atoms with Gasteiger partial charge in [-0.1, -0.05) is 49.0 Å². The molecule has 6 rings (SSSR count). The van der Waals surface area contributed by atoms with Crippen molar-refractivity contribution in [3.05, 3.63) is 93.0 Å². The Morgan fingerprint density at radius 1 is 0.971 bits per heavy atom. The maximum absolute atomic E-state index is 15.1. The molecule has 26 heteroatoms. The molecule has 1 N–H and O–H groups in total. The number of carbonyl (C=O) groups excluding carboxylic acids is 2. The molecule has 68 heavy (non-hydrogen) atoms. The molecule has 1 aliphatic rings. The molecule has 0 saturated heterocycles. The SMILES string of the molecule is CC.CS(=O)N(C(=O)OCCl)c1nn(CC(F)(F)F)c2c(-c3ccc(C#CC(C)(C)S(C)=O)nc3C(Cc3cc(F)cc(F)c3)NC(=O)Cn3nc(C(F)(F)F)c4c3C(F)(F)CC4)ccc(Cl)c12. The molecule has 3 aromatic heterocycles. The molecule has 2 amide bonds. The molecule has 12 nitrogen and oxygen atoms in total. The molecule has 0 saturated carbocycles. The highest BCUT2D eigenvalue weighted by Crippen LogP contribution is 2.47. The summed E-state index contributed by atoms with van der Waals surface area (Å²) >= 11 is 12.1. The minimum absolute atomic E-state index is 0.137. The fourth-order valence-electron chi connectivity index (χ4n) is 7.09. The van der Waals surface area contributed by atoms with Gasteiger partial charge in [-0.05, 0) is 68.5 Å². The zero-order valence-electron chi connectivity index (χ0n) is 36.4. The predicted molar refractivity (Wildman–Crippen MR) is 235 cm³/mol. The first-order valence-corrected chi connectivity index (χ1v) is 23.9. The molecule has 3 atom stereocenters. The second kappa shape index (κ2) is 20.8. The fraction of sp³-hybridized carbons (Fsp3) is 0.405. The van der Waals surface area contributed by atoms with Crippen LogP contribution in [0, 0.1) is 23.5 Å². The predicted octanol–water partition coefficient (Wildman–Crippen LogP) is 9.91. The number of amides is 2. The summed E-state index contributed by atoms with van der Waals surface area (Å²) in [6.45, 7) is 3.95. The first-order valence-electron chi connectivity index (χ1n) is 19.9. The lowest BCUT2D eigenvalue weighted by Crippen LogP contribution is -2.35. The van der Waals surface area contributed by atoms with E-state index in [-0.39, 0.29) is 37.8 Å². The van der Waals surface area contributed by atoms with Gasteiger partial charge in [-0.25, -0.2) is 22.8 Å². The number of hydrogen-bond acceptors (Lipinski definition) is 8. The lowest BCUT2D eigenvalue weighted by Gasteiger charge is -2.23. The summed E-state index contributed by atoms with van der Waals surface area (Å²) in [5.41, 5.74) is -5.17. The first-order chi connectivity index (χ1) is 31.6. The molecular weight excluding hydrogens is 1010 g/mol. The van der Waals surface area contributed by atoms with Gasteiger partial charge in [-0.3, -0.25) is 18.4 Å². The minimum atomic E-state index is -5.19. The summed E-state index contributed by atoms with van der Waals surface area (Å²) in [6, 6.07) is 4.65. The Morgan fingerprint density at radius 3 is 2.18 bits per heavy atom. The highest BCUT2D eigenvalue weighted by molar-refractivity contribution is 7.86. The summed E-state index contributed by atoms with van der Waals surface area (Å²) in [4.78, 5) is 31.6. The molecule has 3 unspecified atom stereocenters. The number of nitrogens with zero attached hydrogens (tertiary/aromatic N) is 6. The minimum Gasteiger partial charge on any atom is -0.432 e. The smallest absolute Gasteiger partial charge is 0.432 e. The van der Waals surface area contributed by atoms with Gasteiger partial charge in [0.2, 0.25) is 5.91 Å². The van der Waals surface area contributed by atoms with Crippen LogP contribution < -0.4 is 9.62 Å². The number of benzene rings is 2. The first kappa shape index (κ1) is 53.7. The van der Waals surface area contributed by atoms with E-state index in [1.54, 1.807) is 0 Å². The van der Waals surface area contributed by atoms with Crippen molar-refractivity contribution in [1.29, 1.82) is 0 Å². The molecular formula is C42H39Cl2F10N7O5S2. The standard InChI is InChI=1S/C40H33Cl2F10N7O5S2.C2H6/c1-37(2,65(3)62)11-9-23-5-6-24(25-7-8-27(42)30-32(25)58(18-39(47,48)49)56-35(30)59(66(4)63)36(61)64-19-41)31(53-23)28(15-20-13-21(43)16-22(44)14-20)54-29(60)17-57-34-26(10-12-38(34,45)46)33(55-57)40(50,51)52;1-2/h5-8,13-14,16,28H,10,12,15,17-19H2,1-4H3,(H,54,60);1-2H3.